The van der Waals surface area contributed by atoms with E-state index in [1.54, 1.807) is 0 Å². The maximum Gasteiger partial charge on any atom is 0.186 e. The number of nitrogens with zero attached hydrogens (tertiary/aromatic N) is 2. The summed E-state index contributed by atoms with van der Waals surface area (Å²) in [7, 11) is 0. The van der Waals surface area contributed by atoms with E-state index >= 15 is 0 Å². The Morgan fingerprint density at radius 2 is 2.43 bits per heavy atom. The third-order valence-corrected chi connectivity index (χ3v) is 4.81. The van der Waals surface area contributed by atoms with Gasteiger partial charge in [0.15, 0.2) is 11.0 Å². The second-order valence-electron chi connectivity index (χ2n) is 3.66. The van der Waals surface area contributed by atoms with Crippen LogP contribution in [-0.2, 0) is 0 Å². The Balaban J connectivity index is 1.91. The van der Waals surface area contributed by atoms with E-state index in [4.69, 9.17) is 11.6 Å². The van der Waals surface area contributed by atoms with E-state index in [1.807, 2.05) is 11.8 Å². The van der Waals surface area contributed by atoms with Crippen LogP contribution in [-0.4, -0.2) is 25.8 Å². The fraction of sp³-hybridized carbons (Fsp3) is 0.750. The van der Waals surface area contributed by atoms with Crippen molar-refractivity contribution in [1.29, 1.82) is 0 Å². The van der Waals surface area contributed by atoms with Gasteiger partial charge < -0.3 is 5.32 Å². The number of nitrogens with one attached hydrogen (secondary N) is 1. The van der Waals surface area contributed by atoms with E-state index in [2.05, 4.69) is 21.0 Å². The summed E-state index contributed by atoms with van der Waals surface area (Å²) >= 11 is 9.01. The van der Waals surface area contributed by atoms with Crippen molar-refractivity contribution in [2.75, 3.05) is 17.6 Å². The van der Waals surface area contributed by atoms with E-state index in [9.17, 15) is 0 Å². The predicted octanol–water partition coefficient (Wildman–Crippen LogP) is 2.89. The molecule has 1 fully saturated rings. The minimum atomic E-state index is 0.340. The highest BCUT2D eigenvalue weighted by atomic mass is 35.5. The number of halogens is 1. The average molecular weight is 250 g/mol. The molecule has 2 heterocycles. The van der Waals surface area contributed by atoms with Gasteiger partial charge >= 0.3 is 0 Å². The molecule has 3 nitrogen and oxygen atoms in total. The highest BCUT2D eigenvalue weighted by Gasteiger charge is 2.29. The molecule has 1 aliphatic heterocycles. The molecular weight excluding hydrogens is 238 g/mol. The van der Waals surface area contributed by atoms with Crippen LogP contribution in [0.3, 0.4) is 0 Å². The molecule has 0 aromatic carbocycles. The van der Waals surface area contributed by atoms with Crippen LogP contribution >= 0.6 is 35.1 Å². The topological polar surface area (TPSA) is 37.8 Å². The first kappa shape index (κ1) is 10.5. The molecule has 0 bridgehead atoms. The number of hydrogen-bond acceptors (Lipinski definition) is 5. The van der Waals surface area contributed by atoms with Crippen molar-refractivity contribution in [3.05, 3.63) is 5.15 Å². The number of aromatic nitrogens is 2. The van der Waals surface area contributed by atoms with Crippen molar-refractivity contribution < 1.29 is 0 Å². The van der Waals surface area contributed by atoms with Crippen LogP contribution in [0, 0.1) is 0 Å². The zero-order chi connectivity index (χ0) is 10.0. The smallest absolute Gasteiger partial charge is 0.186 e. The lowest BCUT2D eigenvalue weighted by atomic mass is 10.1. The van der Waals surface area contributed by atoms with Crippen molar-refractivity contribution in [2.45, 2.75) is 24.5 Å². The maximum atomic E-state index is 5.84. The summed E-state index contributed by atoms with van der Waals surface area (Å²) in [5, 5.41) is 3.75. The van der Waals surface area contributed by atoms with Crippen molar-refractivity contribution in [1.82, 2.24) is 8.75 Å². The van der Waals surface area contributed by atoms with Gasteiger partial charge in [0, 0.05) is 11.3 Å². The van der Waals surface area contributed by atoms with E-state index < -0.39 is 0 Å². The lowest BCUT2D eigenvalue weighted by molar-refractivity contribution is 0.634. The van der Waals surface area contributed by atoms with Crippen molar-refractivity contribution in [3.8, 4) is 0 Å². The Bertz CT molecular complexity index is 309. The summed E-state index contributed by atoms with van der Waals surface area (Å²) < 4.78 is 8.34. The van der Waals surface area contributed by atoms with Gasteiger partial charge in [0.1, 0.15) is 0 Å². The SMILES string of the molecule is CC1(CNc2nsnc2Cl)CCCS1. The molecule has 0 amide bonds. The van der Waals surface area contributed by atoms with Gasteiger partial charge in [-0.2, -0.15) is 20.5 Å². The molecule has 0 spiro atoms. The van der Waals surface area contributed by atoms with Crippen LogP contribution in [0.2, 0.25) is 5.15 Å². The van der Waals surface area contributed by atoms with E-state index in [0.717, 1.165) is 24.1 Å². The summed E-state index contributed by atoms with van der Waals surface area (Å²) in [5.74, 6) is 1.99. The molecule has 0 radical (unpaired) electrons. The lowest BCUT2D eigenvalue weighted by Crippen LogP contribution is -2.27. The third-order valence-electron chi connectivity index (χ3n) is 2.38. The van der Waals surface area contributed by atoms with Gasteiger partial charge in [-0.15, -0.1) is 0 Å². The van der Waals surface area contributed by atoms with Crippen molar-refractivity contribution in [2.24, 2.45) is 0 Å². The van der Waals surface area contributed by atoms with Gasteiger partial charge in [0.2, 0.25) is 0 Å². The van der Waals surface area contributed by atoms with Gasteiger partial charge in [0.05, 0.1) is 11.7 Å². The fourth-order valence-corrected chi connectivity index (χ4v) is 3.46. The summed E-state index contributed by atoms with van der Waals surface area (Å²) in [6.07, 6.45) is 2.58. The molecule has 1 N–H and O–H groups in total. The summed E-state index contributed by atoms with van der Waals surface area (Å²) in [6.45, 7) is 3.20. The van der Waals surface area contributed by atoms with Crippen LogP contribution in [0.4, 0.5) is 5.82 Å². The molecule has 1 aromatic heterocycles. The molecule has 6 heteroatoms. The standard InChI is InChI=1S/C8H12ClN3S2/c1-8(3-2-4-13-8)5-10-7-6(9)11-14-12-7/h2-5H2,1H3,(H,10,12). The Hall–Kier alpha value is -0.0000000000000000555. The molecule has 1 aromatic rings. The number of anilines is 1. The average Bonchev–Trinajstić information content (AvgIpc) is 2.73. The molecule has 78 valence electrons. The van der Waals surface area contributed by atoms with Crippen molar-refractivity contribution in [3.63, 3.8) is 0 Å². The van der Waals surface area contributed by atoms with Crippen LogP contribution < -0.4 is 5.32 Å². The summed E-state index contributed by atoms with van der Waals surface area (Å²) in [6, 6.07) is 0. The van der Waals surface area contributed by atoms with E-state index in [1.165, 1.54) is 18.6 Å². The van der Waals surface area contributed by atoms with Gasteiger partial charge in [-0.1, -0.05) is 11.6 Å². The second kappa shape index (κ2) is 4.24. The zero-order valence-corrected chi connectivity index (χ0v) is 10.3. The molecule has 1 unspecified atom stereocenters. The summed E-state index contributed by atoms with van der Waals surface area (Å²) in [4.78, 5) is 0. The minimum Gasteiger partial charge on any atom is -0.365 e. The Morgan fingerprint density at radius 1 is 1.57 bits per heavy atom. The second-order valence-corrected chi connectivity index (χ2v) is 6.23. The number of hydrogen-bond donors (Lipinski definition) is 1. The van der Waals surface area contributed by atoms with Gasteiger partial charge in [-0.05, 0) is 25.5 Å². The quantitative estimate of drug-likeness (QED) is 0.894. The molecule has 14 heavy (non-hydrogen) atoms. The van der Waals surface area contributed by atoms with Crippen molar-refractivity contribution >= 4 is 40.9 Å². The Labute approximate surface area is 97.0 Å². The molecule has 0 saturated carbocycles. The van der Waals surface area contributed by atoms with Crippen LogP contribution in [0.5, 0.6) is 0 Å². The van der Waals surface area contributed by atoms with E-state index in [0.29, 0.717) is 9.90 Å². The van der Waals surface area contributed by atoms with Gasteiger partial charge in [-0.3, -0.25) is 0 Å². The molecular formula is C8H12ClN3S2. The predicted molar refractivity (Wildman–Crippen MR) is 63.5 cm³/mol. The summed E-state index contributed by atoms with van der Waals surface area (Å²) in [5.41, 5.74) is 0. The molecule has 2 rings (SSSR count). The first-order valence-electron chi connectivity index (χ1n) is 4.55. The van der Waals surface area contributed by atoms with Gasteiger partial charge in [-0.25, -0.2) is 0 Å². The highest BCUT2D eigenvalue weighted by Crippen LogP contribution is 2.37. The zero-order valence-electron chi connectivity index (χ0n) is 7.92. The third kappa shape index (κ3) is 2.32. The molecule has 0 aliphatic carbocycles. The van der Waals surface area contributed by atoms with Crippen LogP contribution in [0.1, 0.15) is 19.8 Å². The molecule has 1 saturated heterocycles. The largest absolute Gasteiger partial charge is 0.365 e. The molecule has 1 aliphatic rings. The fourth-order valence-electron chi connectivity index (χ4n) is 1.53. The first-order chi connectivity index (χ1) is 6.70. The first-order valence-corrected chi connectivity index (χ1v) is 6.65. The Kier molecular flexibility index (Phi) is 3.19. The Morgan fingerprint density at radius 3 is 3.00 bits per heavy atom. The van der Waals surface area contributed by atoms with Crippen LogP contribution in [0.15, 0.2) is 0 Å². The normalized spacial score (nSPS) is 26.7. The van der Waals surface area contributed by atoms with E-state index in [-0.39, 0.29) is 0 Å². The lowest BCUT2D eigenvalue weighted by Gasteiger charge is -2.22. The molecule has 1 atom stereocenters. The monoisotopic (exact) mass is 249 g/mol. The van der Waals surface area contributed by atoms with Gasteiger partial charge in [0.25, 0.3) is 0 Å². The highest BCUT2D eigenvalue weighted by molar-refractivity contribution is 8.00. The minimum absolute atomic E-state index is 0.340. The number of rotatable bonds is 3. The maximum absolute atomic E-state index is 5.84. The van der Waals surface area contributed by atoms with Crippen LogP contribution in [0.25, 0.3) is 0 Å². The number of thioether (sulfide) groups is 1.